The van der Waals surface area contributed by atoms with Gasteiger partial charge in [-0.25, -0.2) is 0 Å². The van der Waals surface area contributed by atoms with E-state index < -0.39 is 22.8 Å². The first-order valence-electron chi connectivity index (χ1n) is 11.1. The van der Waals surface area contributed by atoms with E-state index >= 15 is 0 Å². The Hall–Kier alpha value is -4.11. The topological polar surface area (TPSA) is 96.6 Å². The van der Waals surface area contributed by atoms with Crippen LogP contribution in [0, 0.1) is 20.8 Å². The number of aryl methyl sites for hydroxylation is 3. The summed E-state index contributed by atoms with van der Waals surface area (Å²) >= 11 is 1.17. The summed E-state index contributed by atoms with van der Waals surface area (Å²) in [5.74, 6) is -1.19. The fourth-order valence-corrected chi connectivity index (χ4v) is 5.84. The lowest BCUT2D eigenvalue weighted by Crippen LogP contribution is -2.53. The first-order valence-corrected chi connectivity index (χ1v) is 11.9. The number of hydrogen-bond donors (Lipinski definition) is 0. The normalized spacial score (nSPS) is 18.6. The number of carbonyl (C=O) groups is 2. The van der Waals surface area contributed by atoms with E-state index in [1.807, 2.05) is 19.9 Å². The van der Waals surface area contributed by atoms with Crippen LogP contribution in [0.3, 0.4) is 0 Å². The van der Waals surface area contributed by atoms with Gasteiger partial charge in [-0.05, 0) is 50.1 Å². The van der Waals surface area contributed by atoms with E-state index in [-0.39, 0.29) is 23.0 Å². The van der Waals surface area contributed by atoms with Crippen molar-refractivity contribution in [3.8, 4) is 0 Å². The van der Waals surface area contributed by atoms with Gasteiger partial charge in [0, 0.05) is 12.1 Å². The molecule has 9 heteroatoms. The predicted molar refractivity (Wildman–Crippen MR) is 133 cm³/mol. The van der Waals surface area contributed by atoms with E-state index in [2.05, 4.69) is 16.8 Å². The number of carbonyl (C=O) groups excluding carboxylic acids is 2. The van der Waals surface area contributed by atoms with Crippen molar-refractivity contribution in [3.63, 3.8) is 0 Å². The first-order chi connectivity index (χ1) is 16.8. The van der Waals surface area contributed by atoms with Gasteiger partial charge in [0.15, 0.2) is 11.0 Å². The lowest BCUT2D eigenvalue weighted by Gasteiger charge is -2.31. The van der Waals surface area contributed by atoms with Crippen LogP contribution in [0.1, 0.15) is 37.8 Å². The van der Waals surface area contributed by atoms with Crippen LogP contribution in [0.5, 0.6) is 0 Å². The van der Waals surface area contributed by atoms with Crippen molar-refractivity contribution in [1.82, 2.24) is 10.2 Å². The van der Waals surface area contributed by atoms with Gasteiger partial charge in [0.2, 0.25) is 10.9 Å². The van der Waals surface area contributed by atoms with Crippen molar-refractivity contribution < 1.29 is 14.0 Å². The lowest BCUT2D eigenvalue weighted by atomic mass is 9.84. The number of fused-ring (bicyclic) bond motifs is 5. The van der Waals surface area contributed by atoms with E-state index in [1.165, 1.54) is 21.1 Å². The third-order valence-electron chi connectivity index (χ3n) is 6.76. The summed E-state index contributed by atoms with van der Waals surface area (Å²) in [5, 5.41) is 9.43. The number of nitrogens with zero attached hydrogens (tertiary/aromatic N) is 4. The average molecular weight is 485 g/mol. The van der Waals surface area contributed by atoms with Crippen molar-refractivity contribution in [2.75, 3.05) is 16.3 Å². The van der Waals surface area contributed by atoms with Gasteiger partial charge in [0.1, 0.15) is 10.6 Å². The van der Waals surface area contributed by atoms with Crippen LogP contribution in [-0.2, 0) is 10.3 Å². The maximum absolute atomic E-state index is 14.3. The molecule has 35 heavy (non-hydrogen) atoms. The number of amides is 2. The minimum Gasteiger partial charge on any atom is -0.450 e. The van der Waals surface area contributed by atoms with Crippen molar-refractivity contribution in [3.05, 3.63) is 92.3 Å². The van der Waals surface area contributed by atoms with Crippen LogP contribution >= 0.6 is 11.3 Å². The molecule has 2 aromatic carbocycles. The molecule has 0 saturated heterocycles. The van der Waals surface area contributed by atoms with E-state index in [0.717, 1.165) is 11.1 Å². The molecule has 2 aromatic heterocycles. The largest absolute Gasteiger partial charge is 0.450 e. The molecule has 2 amide bonds. The van der Waals surface area contributed by atoms with E-state index in [1.54, 1.807) is 43.3 Å². The highest BCUT2D eigenvalue weighted by Crippen LogP contribution is 2.54. The minimum absolute atomic E-state index is 0.00937. The molecule has 0 aliphatic carbocycles. The van der Waals surface area contributed by atoms with Crippen molar-refractivity contribution >= 4 is 44.9 Å². The summed E-state index contributed by atoms with van der Waals surface area (Å²) in [6.07, 6.45) is 1.61. The third kappa shape index (κ3) is 2.58. The number of para-hydroxylation sites is 1. The fourth-order valence-electron chi connectivity index (χ4n) is 5.10. The number of rotatable bonds is 3. The van der Waals surface area contributed by atoms with Crippen molar-refractivity contribution in [1.29, 1.82) is 0 Å². The minimum atomic E-state index is -1.76. The summed E-state index contributed by atoms with van der Waals surface area (Å²) in [5.41, 5.74) is 1.09. The van der Waals surface area contributed by atoms with Crippen LogP contribution in [-0.4, -0.2) is 28.6 Å². The first kappa shape index (κ1) is 21.4. The fraction of sp³-hybridized carbons (Fsp3) is 0.192. The van der Waals surface area contributed by atoms with Gasteiger partial charge in [-0.3, -0.25) is 19.3 Å². The second-order valence-corrected chi connectivity index (χ2v) is 9.90. The zero-order valence-electron chi connectivity index (χ0n) is 19.3. The maximum Gasteiger partial charge on any atom is 0.297 e. The molecule has 2 aliphatic rings. The Balaban J connectivity index is 1.79. The van der Waals surface area contributed by atoms with E-state index in [0.29, 0.717) is 27.2 Å². The molecule has 4 heterocycles. The molecule has 0 saturated carbocycles. The van der Waals surface area contributed by atoms with Gasteiger partial charge in [-0.2, -0.15) is 0 Å². The highest BCUT2D eigenvalue weighted by molar-refractivity contribution is 7.15. The summed E-state index contributed by atoms with van der Waals surface area (Å²) in [4.78, 5) is 45.3. The predicted octanol–water partition coefficient (Wildman–Crippen LogP) is 4.01. The summed E-state index contributed by atoms with van der Waals surface area (Å²) < 4.78 is 6.11. The molecule has 1 atom stereocenters. The van der Waals surface area contributed by atoms with Gasteiger partial charge in [0.25, 0.3) is 11.8 Å². The van der Waals surface area contributed by atoms with Crippen LogP contribution in [0.4, 0.5) is 10.8 Å². The Kier molecular flexibility index (Phi) is 4.40. The van der Waals surface area contributed by atoms with Crippen molar-refractivity contribution in [2.24, 2.45) is 0 Å². The van der Waals surface area contributed by atoms with Gasteiger partial charge < -0.3 is 9.32 Å². The van der Waals surface area contributed by atoms with Crippen LogP contribution in [0.25, 0.3) is 11.0 Å². The lowest BCUT2D eigenvalue weighted by molar-refractivity contribution is -0.121. The van der Waals surface area contributed by atoms with Gasteiger partial charge in [-0.15, -0.1) is 16.8 Å². The third-order valence-corrected chi connectivity index (χ3v) is 7.58. The number of anilines is 2. The Morgan fingerprint density at radius 2 is 1.83 bits per heavy atom. The van der Waals surface area contributed by atoms with E-state index in [4.69, 9.17) is 4.42 Å². The molecule has 0 radical (unpaired) electrons. The molecular weight excluding hydrogens is 464 g/mol. The molecule has 4 aromatic rings. The van der Waals surface area contributed by atoms with Crippen LogP contribution < -0.4 is 15.2 Å². The Morgan fingerprint density at radius 1 is 1.09 bits per heavy atom. The molecule has 8 nitrogen and oxygen atoms in total. The van der Waals surface area contributed by atoms with Gasteiger partial charge >= 0.3 is 0 Å². The molecule has 1 unspecified atom stereocenters. The van der Waals surface area contributed by atoms with Crippen LogP contribution in [0.2, 0.25) is 0 Å². The van der Waals surface area contributed by atoms with Crippen molar-refractivity contribution in [2.45, 2.75) is 26.3 Å². The Morgan fingerprint density at radius 3 is 2.54 bits per heavy atom. The zero-order chi connectivity index (χ0) is 24.6. The Labute approximate surface area is 204 Å². The quantitative estimate of drug-likeness (QED) is 0.408. The SMILES string of the molecule is C=CCN1C(=O)C2(c3ccccc31)c1c(oc3cc(C)c(C)cc3c1=O)C(=O)N2c1nnc(C)s1. The summed E-state index contributed by atoms with van der Waals surface area (Å²) in [7, 11) is 0. The monoisotopic (exact) mass is 484 g/mol. The molecule has 0 bridgehead atoms. The number of aromatic nitrogens is 2. The van der Waals surface area contributed by atoms with E-state index in [9.17, 15) is 14.4 Å². The summed E-state index contributed by atoms with van der Waals surface area (Å²) in [6.45, 7) is 9.57. The standard InChI is InChI=1S/C26H20N4O4S/c1-5-10-29-18-9-7-6-8-17(18)26(24(29)33)20-21(31)16-11-13(2)14(3)12-19(16)34-22(20)23(32)30(26)25-28-27-15(4)35-25/h5-9,11-12H,1,10H2,2-4H3. The van der Waals surface area contributed by atoms with Crippen LogP contribution in [0.15, 0.2) is 58.3 Å². The number of benzene rings is 2. The average Bonchev–Trinajstić information content (AvgIpc) is 3.44. The molecule has 0 fully saturated rings. The zero-order valence-corrected chi connectivity index (χ0v) is 20.1. The second-order valence-electron chi connectivity index (χ2n) is 8.74. The smallest absolute Gasteiger partial charge is 0.297 e. The molecule has 1 spiro atoms. The maximum atomic E-state index is 14.3. The number of hydrogen-bond acceptors (Lipinski definition) is 7. The second kappa shape index (κ2) is 7.19. The molecule has 2 aliphatic heterocycles. The molecular formula is C26H20N4O4S. The Bertz CT molecular complexity index is 1670. The molecule has 0 N–H and O–H groups in total. The van der Waals surface area contributed by atoms with Gasteiger partial charge in [0.05, 0.1) is 16.6 Å². The highest BCUT2D eigenvalue weighted by Gasteiger charge is 2.66. The van der Waals surface area contributed by atoms with Gasteiger partial charge in [-0.1, -0.05) is 35.6 Å². The molecule has 6 rings (SSSR count). The highest BCUT2D eigenvalue weighted by atomic mass is 32.1. The molecule has 174 valence electrons. The summed E-state index contributed by atoms with van der Waals surface area (Å²) in [6, 6.07) is 10.7.